The van der Waals surface area contributed by atoms with Gasteiger partial charge in [0.1, 0.15) is 0 Å². The molecule has 10 heteroatoms. The quantitative estimate of drug-likeness (QED) is 0.187. The van der Waals surface area contributed by atoms with E-state index < -0.39 is 49.8 Å². The Morgan fingerprint density at radius 2 is 1.00 bits per heavy atom. The highest BCUT2D eigenvalue weighted by Crippen LogP contribution is 2.11. The van der Waals surface area contributed by atoms with Gasteiger partial charge < -0.3 is 35.7 Å². The Kier molecular flexibility index (Phi) is 19.4. The predicted molar refractivity (Wildman–Crippen MR) is 82.3 cm³/mol. The van der Waals surface area contributed by atoms with Gasteiger partial charge in [-0.25, -0.2) is 4.79 Å². The summed E-state index contributed by atoms with van der Waals surface area (Å²) in [6, 6.07) is 0. The summed E-state index contributed by atoms with van der Waals surface area (Å²) in [5.74, 6) is -2.72. The van der Waals surface area contributed by atoms with Crippen molar-refractivity contribution in [3.8, 4) is 0 Å². The van der Waals surface area contributed by atoms with Gasteiger partial charge in [0.15, 0.2) is 0 Å². The number of aliphatic hydroxyl groups excluding tert-OH is 4. The van der Waals surface area contributed by atoms with Crippen molar-refractivity contribution in [1.29, 1.82) is 0 Å². The first-order valence-electron chi connectivity index (χ1n) is 6.87. The van der Waals surface area contributed by atoms with Gasteiger partial charge in [0.25, 0.3) is 0 Å². The van der Waals surface area contributed by atoms with E-state index in [0.717, 1.165) is 6.08 Å². The number of hydrogen-bond acceptors (Lipinski definition) is 7. The van der Waals surface area contributed by atoms with Crippen LogP contribution in [-0.4, -0.2) is 80.1 Å². The number of carboxylic acid groups (broad SMARTS) is 3. The van der Waals surface area contributed by atoms with Crippen LogP contribution in [0.5, 0.6) is 0 Å². The maximum atomic E-state index is 9.90. The van der Waals surface area contributed by atoms with E-state index in [1.807, 2.05) is 0 Å². The lowest BCUT2D eigenvalue weighted by atomic mass is 9.93. The van der Waals surface area contributed by atoms with Crippen LogP contribution < -0.4 is 0 Å². The minimum atomic E-state index is -1.11. The van der Waals surface area contributed by atoms with Gasteiger partial charge in [0, 0.05) is 18.9 Å². The second-order valence-electron chi connectivity index (χ2n) is 4.67. The van der Waals surface area contributed by atoms with Crippen molar-refractivity contribution in [3.63, 3.8) is 0 Å². The zero-order valence-corrected chi connectivity index (χ0v) is 13.3. The summed E-state index contributed by atoms with van der Waals surface area (Å²) < 4.78 is 0. The molecule has 24 heavy (non-hydrogen) atoms. The standard InChI is InChI=1S/C6H10O4.C5H12O4.C3H4O2/c7-5(8)3-1-2-4-6(9)10;6-1-5(2-7,3-8)4-9;1-2-3(4)5/h1-4H2,(H,7,8)(H,9,10);6-9H,1-4H2;2H,1H2,(H,4,5). The van der Waals surface area contributed by atoms with E-state index in [1.54, 1.807) is 0 Å². The number of unbranched alkanes of at least 4 members (excludes halogenated alkanes) is 1. The molecule has 0 aromatic heterocycles. The zero-order chi connectivity index (χ0) is 19.6. The molecule has 0 saturated heterocycles. The van der Waals surface area contributed by atoms with Gasteiger partial charge in [-0.05, 0) is 12.8 Å². The van der Waals surface area contributed by atoms with E-state index in [0.29, 0.717) is 12.8 Å². The van der Waals surface area contributed by atoms with Crippen LogP contribution in [-0.2, 0) is 14.4 Å². The lowest BCUT2D eigenvalue weighted by Gasteiger charge is -2.23. The van der Waals surface area contributed by atoms with E-state index >= 15 is 0 Å². The molecule has 0 bridgehead atoms. The van der Waals surface area contributed by atoms with Gasteiger partial charge in [-0.1, -0.05) is 6.58 Å². The molecule has 0 heterocycles. The topological polar surface area (TPSA) is 193 Å². The molecule has 0 spiro atoms. The summed E-state index contributed by atoms with van der Waals surface area (Å²) in [4.78, 5) is 29.0. The third kappa shape index (κ3) is 20.0. The largest absolute Gasteiger partial charge is 0.481 e. The monoisotopic (exact) mass is 354 g/mol. The van der Waals surface area contributed by atoms with E-state index in [9.17, 15) is 14.4 Å². The van der Waals surface area contributed by atoms with Crippen molar-refractivity contribution in [1.82, 2.24) is 0 Å². The lowest BCUT2D eigenvalue weighted by Crippen LogP contribution is -2.37. The Morgan fingerprint density at radius 1 is 0.750 bits per heavy atom. The molecule has 0 unspecified atom stereocenters. The SMILES string of the molecule is C=CC(=O)O.O=C(O)CCCCC(=O)O.OCC(CO)(CO)CO. The molecule has 0 fully saturated rings. The molecule has 0 aromatic rings. The second-order valence-corrected chi connectivity index (χ2v) is 4.67. The number of carbonyl (C=O) groups is 3. The summed E-state index contributed by atoms with van der Waals surface area (Å²) in [5.41, 5.74) is -1.11. The molecule has 0 aliphatic heterocycles. The normalized spacial score (nSPS) is 9.67. The average molecular weight is 354 g/mol. The van der Waals surface area contributed by atoms with Crippen molar-refractivity contribution in [2.45, 2.75) is 25.7 Å². The molecule has 7 N–H and O–H groups in total. The van der Waals surface area contributed by atoms with E-state index in [4.69, 9.17) is 35.7 Å². The van der Waals surface area contributed by atoms with E-state index in [1.165, 1.54) is 0 Å². The predicted octanol–water partition coefficient (Wildman–Crippen LogP) is -1.08. The molecule has 0 saturated carbocycles. The summed E-state index contributed by atoms with van der Waals surface area (Å²) in [5, 5.41) is 57.9. The van der Waals surface area contributed by atoms with Crippen LogP contribution in [0.4, 0.5) is 0 Å². The highest BCUT2D eigenvalue weighted by Gasteiger charge is 2.26. The number of hydrogen-bond donors (Lipinski definition) is 7. The van der Waals surface area contributed by atoms with Crippen LogP contribution in [0.1, 0.15) is 25.7 Å². The van der Waals surface area contributed by atoms with Crippen molar-refractivity contribution in [2.75, 3.05) is 26.4 Å². The Bertz CT molecular complexity index is 329. The first-order valence-corrected chi connectivity index (χ1v) is 6.87. The zero-order valence-electron chi connectivity index (χ0n) is 13.3. The van der Waals surface area contributed by atoms with Crippen molar-refractivity contribution in [3.05, 3.63) is 12.7 Å². The van der Waals surface area contributed by atoms with Crippen LogP contribution in [0.15, 0.2) is 12.7 Å². The van der Waals surface area contributed by atoms with Gasteiger partial charge in [-0.15, -0.1) is 0 Å². The van der Waals surface area contributed by atoms with Crippen LogP contribution >= 0.6 is 0 Å². The van der Waals surface area contributed by atoms with Crippen molar-refractivity contribution < 1.29 is 50.1 Å². The number of aliphatic carboxylic acids is 3. The Labute approximate surface area is 139 Å². The van der Waals surface area contributed by atoms with E-state index in [2.05, 4.69) is 6.58 Å². The number of rotatable bonds is 10. The summed E-state index contributed by atoms with van der Waals surface area (Å²) in [7, 11) is 0. The molecule has 10 nitrogen and oxygen atoms in total. The maximum Gasteiger partial charge on any atom is 0.327 e. The fraction of sp³-hybridized carbons (Fsp3) is 0.643. The first kappa shape index (κ1) is 26.9. The van der Waals surface area contributed by atoms with Gasteiger partial charge in [0.05, 0.1) is 31.8 Å². The van der Waals surface area contributed by atoms with Gasteiger partial charge in [-0.2, -0.15) is 0 Å². The summed E-state index contributed by atoms with van der Waals surface area (Å²) in [6.45, 7) is 1.34. The van der Waals surface area contributed by atoms with Crippen LogP contribution in [0.25, 0.3) is 0 Å². The van der Waals surface area contributed by atoms with Gasteiger partial charge in [-0.3, -0.25) is 9.59 Å². The maximum absolute atomic E-state index is 9.90. The Hall–Kier alpha value is -2.01. The molecular weight excluding hydrogens is 328 g/mol. The molecule has 142 valence electrons. The third-order valence-corrected chi connectivity index (χ3v) is 2.55. The van der Waals surface area contributed by atoms with Crippen molar-refractivity contribution in [2.24, 2.45) is 5.41 Å². The summed E-state index contributed by atoms with van der Waals surface area (Å²) >= 11 is 0. The molecule has 0 aliphatic carbocycles. The Balaban J connectivity index is -0.000000291. The van der Waals surface area contributed by atoms with Crippen LogP contribution in [0.3, 0.4) is 0 Å². The van der Waals surface area contributed by atoms with Gasteiger partial charge >= 0.3 is 17.9 Å². The molecule has 0 radical (unpaired) electrons. The number of aliphatic hydroxyl groups is 4. The minimum Gasteiger partial charge on any atom is -0.481 e. The minimum absolute atomic E-state index is 0.0628. The number of carboxylic acids is 3. The smallest absolute Gasteiger partial charge is 0.327 e. The highest BCUT2D eigenvalue weighted by molar-refractivity contribution is 5.78. The summed E-state index contributed by atoms with van der Waals surface area (Å²) in [6.07, 6.45) is 1.85. The highest BCUT2D eigenvalue weighted by atomic mass is 16.4. The Morgan fingerprint density at radius 3 is 1.08 bits per heavy atom. The first-order chi connectivity index (χ1) is 11.1. The molecule has 0 rings (SSSR count). The molecular formula is C14H26O10. The molecule has 0 aromatic carbocycles. The van der Waals surface area contributed by atoms with Crippen LogP contribution in [0.2, 0.25) is 0 Å². The van der Waals surface area contributed by atoms with Crippen LogP contribution in [0, 0.1) is 5.41 Å². The average Bonchev–Trinajstić information content (AvgIpc) is 2.55. The lowest BCUT2D eigenvalue weighted by molar-refractivity contribution is -0.139. The van der Waals surface area contributed by atoms with Crippen molar-refractivity contribution >= 4 is 17.9 Å². The van der Waals surface area contributed by atoms with E-state index in [-0.39, 0.29) is 12.8 Å². The fourth-order valence-electron chi connectivity index (χ4n) is 0.852. The molecule has 0 amide bonds. The third-order valence-electron chi connectivity index (χ3n) is 2.55. The van der Waals surface area contributed by atoms with Gasteiger partial charge in [0.2, 0.25) is 0 Å². The molecule has 0 atom stereocenters. The fourth-order valence-corrected chi connectivity index (χ4v) is 0.852. The second kappa shape index (κ2) is 17.3. The molecule has 0 aliphatic rings.